The molecule has 1 amide bonds. The van der Waals surface area contributed by atoms with Crippen molar-refractivity contribution in [3.8, 4) is 0 Å². The maximum atomic E-state index is 12.0. The second kappa shape index (κ2) is 5.53. The number of nitrogens with one attached hydrogen (secondary N) is 1. The first-order valence-corrected chi connectivity index (χ1v) is 6.80. The summed E-state index contributed by atoms with van der Waals surface area (Å²) >= 11 is 7.39. The van der Waals surface area contributed by atoms with E-state index in [1.807, 2.05) is 0 Å². The van der Waals surface area contributed by atoms with E-state index >= 15 is 0 Å². The van der Waals surface area contributed by atoms with Gasteiger partial charge in [-0.3, -0.25) is 14.9 Å². The first-order chi connectivity index (χ1) is 8.59. The smallest absolute Gasteiger partial charge is 0.319 e. The van der Waals surface area contributed by atoms with E-state index in [0.29, 0.717) is 0 Å². The minimum atomic E-state index is -0.687. The average molecular weight is 288 g/mol. The van der Waals surface area contributed by atoms with Gasteiger partial charge in [-0.2, -0.15) is 11.8 Å². The van der Waals surface area contributed by atoms with Crippen molar-refractivity contribution in [1.29, 1.82) is 0 Å². The van der Waals surface area contributed by atoms with Crippen molar-refractivity contribution in [2.75, 3.05) is 11.5 Å². The molecule has 1 aliphatic rings. The Balaban J connectivity index is 2.24. The molecule has 6 nitrogen and oxygen atoms in total. The Hall–Kier alpha value is -1.34. The quantitative estimate of drug-likeness (QED) is 0.521. The fraction of sp³-hybridized carbons (Fsp3) is 0.400. The van der Waals surface area contributed by atoms with Gasteiger partial charge in [-0.15, -0.1) is 0 Å². The highest BCUT2D eigenvalue weighted by atomic mass is 35.5. The summed E-state index contributed by atoms with van der Waals surface area (Å²) in [6.45, 7) is 0. The van der Waals surface area contributed by atoms with Crippen LogP contribution in [0, 0.1) is 10.1 Å². The highest BCUT2D eigenvalue weighted by molar-refractivity contribution is 7.99. The lowest BCUT2D eigenvalue weighted by molar-refractivity contribution is -0.385. The van der Waals surface area contributed by atoms with Crippen LogP contribution in [0.2, 0.25) is 5.15 Å². The number of pyridine rings is 1. The number of carbonyl (C=O) groups is 1. The van der Waals surface area contributed by atoms with E-state index in [2.05, 4.69) is 10.3 Å². The topological polar surface area (TPSA) is 85.1 Å². The highest BCUT2D eigenvalue weighted by Crippen LogP contribution is 2.26. The molecule has 2 rings (SSSR count). The molecule has 1 atom stereocenters. The molecule has 0 aromatic carbocycles. The molecular formula is C10H10ClN3O3S. The third-order valence-electron chi connectivity index (χ3n) is 2.57. The molecule has 18 heavy (non-hydrogen) atoms. The second-order valence-electron chi connectivity index (χ2n) is 3.79. The number of halogens is 1. The van der Waals surface area contributed by atoms with E-state index in [1.165, 1.54) is 12.3 Å². The van der Waals surface area contributed by atoms with Crippen molar-refractivity contribution in [3.05, 3.63) is 33.1 Å². The van der Waals surface area contributed by atoms with Crippen LogP contribution in [0.25, 0.3) is 0 Å². The molecule has 1 aromatic heterocycles. The lowest BCUT2D eigenvalue weighted by Crippen LogP contribution is -2.35. The minimum absolute atomic E-state index is 0.0445. The van der Waals surface area contributed by atoms with Crippen molar-refractivity contribution in [2.24, 2.45) is 0 Å². The Morgan fingerprint density at radius 3 is 3.06 bits per heavy atom. The van der Waals surface area contributed by atoms with Gasteiger partial charge in [-0.05, 0) is 18.2 Å². The van der Waals surface area contributed by atoms with Gasteiger partial charge in [0.15, 0.2) is 0 Å². The number of nitrogens with zero attached hydrogens (tertiary/aromatic N) is 2. The van der Waals surface area contributed by atoms with Gasteiger partial charge in [0.05, 0.1) is 4.92 Å². The molecule has 0 spiro atoms. The van der Waals surface area contributed by atoms with E-state index in [9.17, 15) is 14.9 Å². The maximum absolute atomic E-state index is 12.0. The van der Waals surface area contributed by atoms with Gasteiger partial charge in [-0.25, -0.2) is 4.98 Å². The average Bonchev–Trinajstić information content (AvgIpc) is 2.80. The fourth-order valence-electron chi connectivity index (χ4n) is 1.70. The van der Waals surface area contributed by atoms with Crippen molar-refractivity contribution in [1.82, 2.24) is 10.3 Å². The van der Waals surface area contributed by atoms with Crippen molar-refractivity contribution in [3.63, 3.8) is 0 Å². The van der Waals surface area contributed by atoms with Crippen LogP contribution in [0.4, 0.5) is 5.69 Å². The molecule has 1 N–H and O–H groups in total. The molecule has 0 saturated carbocycles. The number of rotatable bonds is 3. The third-order valence-corrected chi connectivity index (χ3v) is 4.01. The zero-order chi connectivity index (χ0) is 13.1. The molecule has 0 aliphatic carbocycles. The first-order valence-electron chi connectivity index (χ1n) is 5.27. The maximum Gasteiger partial charge on any atom is 0.319 e. The molecule has 1 unspecified atom stereocenters. The lowest BCUT2D eigenvalue weighted by Gasteiger charge is -2.11. The van der Waals surface area contributed by atoms with Gasteiger partial charge in [0.1, 0.15) is 5.56 Å². The standard InChI is InChI=1S/C10H10ClN3O3S/c11-9-8(14(16)17)7(1-3-12-9)10(15)13-6-2-4-18-5-6/h1,3,6H,2,4-5H2,(H,13,15). The highest BCUT2D eigenvalue weighted by Gasteiger charge is 2.27. The Morgan fingerprint density at radius 2 is 2.44 bits per heavy atom. The molecule has 8 heteroatoms. The van der Waals surface area contributed by atoms with Crippen LogP contribution in [-0.2, 0) is 0 Å². The lowest BCUT2D eigenvalue weighted by atomic mass is 10.2. The summed E-state index contributed by atoms with van der Waals surface area (Å²) in [6.07, 6.45) is 2.16. The summed E-state index contributed by atoms with van der Waals surface area (Å²) in [7, 11) is 0. The summed E-state index contributed by atoms with van der Waals surface area (Å²) in [4.78, 5) is 25.8. The van der Waals surface area contributed by atoms with Crippen molar-refractivity contribution < 1.29 is 9.72 Å². The van der Waals surface area contributed by atoms with Crippen LogP contribution in [-0.4, -0.2) is 33.4 Å². The van der Waals surface area contributed by atoms with Crippen LogP contribution in [0.3, 0.4) is 0 Å². The molecule has 0 bridgehead atoms. The predicted octanol–water partition coefficient (Wildman–Crippen LogP) is 1.88. The Kier molecular flexibility index (Phi) is 4.03. The normalized spacial score (nSPS) is 18.6. The molecule has 0 radical (unpaired) electrons. The number of aromatic nitrogens is 1. The van der Waals surface area contributed by atoms with E-state index in [0.717, 1.165) is 17.9 Å². The number of amides is 1. The van der Waals surface area contributed by atoms with Gasteiger partial charge in [0.25, 0.3) is 5.91 Å². The SMILES string of the molecule is O=C(NC1CCSC1)c1ccnc(Cl)c1[N+](=O)[O-]. The van der Waals surface area contributed by atoms with Crippen molar-refractivity contribution >= 4 is 35.0 Å². The summed E-state index contributed by atoms with van der Waals surface area (Å²) in [5.41, 5.74) is -0.487. The van der Waals surface area contributed by atoms with Crippen LogP contribution in [0.1, 0.15) is 16.8 Å². The zero-order valence-electron chi connectivity index (χ0n) is 9.26. The van der Waals surface area contributed by atoms with E-state index in [4.69, 9.17) is 11.6 Å². The monoisotopic (exact) mass is 287 g/mol. The van der Waals surface area contributed by atoms with Crippen LogP contribution in [0.15, 0.2) is 12.3 Å². The van der Waals surface area contributed by atoms with Crippen LogP contribution in [0.5, 0.6) is 0 Å². The van der Waals surface area contributed by atoms with E-state index in [-0.39, 0.29) is 16.8 Å². The Morgan fingerprint density at radius 1 is 1.67 bits per heavy atom. The summed E-state index contributed by atoms with van der Waals surface area (Å²) in [5, 5.41) is 13.4. The Bertz CT molecular complexity index is 491. The molecule has 2 heterocycles. The van der Waals surface area contributed by atoms with Gasteiger partial charge in [-0.1, -0.05) is 11.6 Å². The van der Waals surface area contributed by atoms with Gasteiger partial charge in [0, 0.05) is 18.0 Å². The van der Waals surface area contributed by atoms with Gasteiger partial charge in [0.2, 0.25) is 5.15 Å². The second-order valence-corrected chi connectivity index (χ2v) is 5.30. The molecule has 96 valence electrons. The van der Waals surface area contributed by atoms with Gasteiger partial charge < -0.3 is 5.32 Å². The fourth-order valence-corrected chi connectivity index (χ4v) is 3.08. The summed E-state index contributed by atoms with van der Waals surface area (Å²) in [6, 6.07) is 1.37. The van der Waals surface area contributed by atoms with Crippen LogP contribution >= 0.6 is 23.4 Å². The van der Waals surface area contributed by atoms with Crippen LogP contribution < -0.4 is 5.32 Å². The minimum Gasteiger partial charge on any atom is -0.348 e. The van der Waals surface area contributed by atoms with Crippen molar-refractivity contribution in [2.45, 2.75) is 12.5 Å². The number of hydrogen-bond acceptors (Lipinski definition) is 5. The molecule has 1 fully saturated rings. The third kappa shape index (κ3) is 2.73. The molecular weight excluding hydrogens is 278 g/mol. The Labute approximate surface area is 112 Å². The molecule has 1 aliphatic heterocycles. The number of thioether (sulfide) groups is 1. The molecule has 1 aromatic rings. The summed E-state index contributed by atoms with van der Waals surface area (Å²) in [5.74, 6) is 1.35. The largest absolute Gasteiger partial charge is 0.348 e. The van der Waals surface area contributed by atoms with Gasteiger partial charge >= 0.3 is 5.69 Å². The first kappa shape index (κ1) is 13.1. The number of carbonyl (C=O) groups excluding carboxylic acids is 1. The predicted molar refractivity (Wildman–Crippen MR) is 69.1 cm³/mol. The zero-order valence-corrected chi connectivity index (χ0v) is 10.8. The van der Waals surface area contributed by atoms with E-state index in [1.54, 1.807) is 11.8 Å². The van der Waals surface area contributed by atoms with E-state index < -0.39 is 16.5 Å². The summed E-state index contributed by atoms with van der Waals surface area (Å²) < 4.78 is 0. The number of nitro groups is 1. The number of hydrogen-bond donors (Lipinski definition) is 1. The molecule has 1 saturated heterocycles.